The van der Waals surface area contributed by atoms with Crippen molar-refractivity contribution in [3.63, 3.8) is 0 Å². The third-order valence-corrected chi connectivity index (χ3v) is 4.84. The highest BCUT2D eigenvalue weighted by Crippen LogP contribution is 2.34. The fourth-order valence-corrected chi connectivity index (χ4v) is 3.37. The van der Waals surface area contributed by atoms with Crippen LogP contribution in [0, 0.1) is 6.92 Å². The van der Waals surface area contributed by atoms with E-state index in [2.05, 4.69) is 55.2 Å². The molecular weight excluding hydrogens is 407 g/mol. The van der Waals surface area contributed by atoms with Gasteiger partial charge in [-0.2, -0.15) is 0 Å². The largest absolute Gasteiger partial charge is 0.314 e. The minimum absolute atomic E-state index is 0. The van der Waals surface area contributed by atoms with E-state index in [0.717, 1.165) is 24.4 Å². The zero-order chi connectivity index (χ0) is 16.4. The lowest BCUT2D eigenvalue weighted by molar-refractivity contribution is 0.607. The van der Waals surface area contributed by atoms with Crippen LogP contribution < -0.4 is 0 Å². The molecule has 0 aliphatic rings. The molecule has 0 radical (unpaired) electrons. The van der Waals surface area contributed by atoms with E-state index in [9.17, 15) is 0 Å². The smallest absolute Gasteiger partial charge is 0.166 e. The Morgan fingerprint density at radius 3 is 2.58 bits per heavy atom. The molecule has 128 valence electrons. The van der Waals surface area contributed by atoms with Gasteiger partial charge in [-0.1, -0.05) is 73.3 Å². The number of rotatable bonds is 5. The predicted molar refractivity (Wildman–Crippen MR) is 110 cm³/mol. The van der Waals surface area contributed by atoms with Gasteiger partial charge in [0.05, 0.1) is 0 Å². The lowest BCUT2D eigenvalue weighted by Gasteiger charge is -2.12. The van der Waals surface area contributed by atoms with E-state index >= 15 is 0 Å². The van der Waals surface area contributed by atoms with Crippen molar-refractivity contribution in [2.45, 2.75) is 39.7 Å². The molecule has 1 aromatic heterocycles. The van der Waals surface area contributed by atoms with Gasteiger partial charge >= 0.3 is 0 Å². The topological polar surface area (TPSA) is 17.8 Å². The first-order chi connectivity index (χ1) is 11.1. The van der Waals surface area contributed by atoms with Gasteiger partial charge in [0, 0.05) is 12.1 Å². The quantitative estimate of drug-likeness (QED) is 0.397. The van der Waals surface area contributed by atoms with E-state index in [-0.39, 0.29) is 17.0 Å². The number of halogens is 3. The minimum atomic E-state index is 0. The number of hydrogen-bond donors (Lipinski definition) is 0. The summed E-state index contributed by atoms with van der Waals surface area (Å²) in [6.07, 6.45) is 3.41. The molecule has 0 saturated carbocycles. The van der Waals surface area contributed by atoms with Crippen molar-refractivity contribution in [2.24, 2.45) is 0 Å². The Hall–Kier alpha value is -1.03. The van der Waals surface area contributed by atoms with Crippen LogP contribution in [0.2, 0.25) is 10.3 Å². The predicted octanol–water partition coefficient (Wildman–Crippen LogP) is 7.09. The molecule has 0 spiro atoms. The van der Waals surface area contributed by atoms with Crippen LogP contribution in [0.15, 0.2) is 36.4 Å². The van der Waals surface area contributed by atoms with Crippen LogP contribution in [-0.2, 0) is 6.54 Å². The van der Waals surface area contributed by atoms with Gasteiger partial charge in [0.15, 0.2) is 5.15 Å². The number of benzene rings is 2. The van der Waals surface area contributed by atoms with Crippen molar-refractivity contribution in [3.8, 4) is 11.4 Å². The molecule has 3 aromatic rings. The Kier molecular flexibility index (Phi) is 6.73. The number of imidazole rings is 1. The first kappa shape index (κ1) is 19.3. The van der Waals surface area contributed by atoms with Gasteiger partial charge in [0.2, 0.25) is 0 Å². The Balaban J connectivity index is 0.00000208. The number of fused-ring (bicyclic) bond motifs is 1. The number of aryl methyl sites for hydroxylation is 1. The van der Waals surface area contributed by atoms with Crippen LogP contribution in [0.4, 0.5) is 0 Å². The van der Waals surface area contributed by atoms with E-state index < -0.39 is 0 Å². The maximum atomic E-state index is 6.40. The van der Waals surface area contributed by atoms with Crippen molar-refractivity contribution >= 4 is 51.0 Å². The monoisotopic (exact) mass is 426 g/mol. The summed E-state index contributed by atoms with van der Waals surface area (Å²) >= 11 is 12.6. The summed E-state index contributed by atoms with van der Waals surface area (Å²) in [6, 6.07) is 12.7. The maximum Gasteiger partial charge on any atom is 0.166 e. The molecule has 3 rings (SSSR count). The normalized spacial score (nSPS) is 10.8. The average Bonchev–Trinajstić information content (AvgIpc) is 2.82. The van der Waals surface area contributed by atoms with Crippen molar-refractivity contribution in [1.82, 2.24) is 9.55 Å². The maximum absolute atomic E-state index is 6.40. The fraction of sp³-hybridized carbons (Fsp3) is 0.316. The standard InChI is InChI=1S/C19H20Cl2N2.BrH/c1-3-4-7-10-23-18(21)17(20)22-19(23)16-12-13(2)11-14-8-5-6-9-15(14)16;/h5-6,8-9,11-12H,3-4,7,10H2,1-2H3;1H. The second kappa shape index (κ2) is 8.37. The summed E-state index contributed by atoms with van der Waals surface area (Å²) in [4.78, 5) is 4.55. The van der Waals surface area contributed by atoms with Crippen LogP contribution in [-0.4, -0.2) is 9.55 Å². The van der Waals surface area contributed by atoms with Crippen LogP contribution in [0.25, 0.3) is 22.2 Å². The molecule has 0 unspecified atom stereocenters. The van der Waals surface area contributed by atoms with E-state index in [4.69, 9.17) is 23.2 Å². The molecule has 0 bridgehead atoms. The molecule has 0 amide bonds. The average molecular weight is 428 g/mol. The Morgan fingerprint density at radius 1 is 1.08 bits per heavy atom. The van der Waals surface area contributed by atoms with E-state index in [1.54, 1.807) is 0 Å². The highest BCUT2D eigenvalue weighted by molar-refractivity contribution is 8.93. The Labute approximate surface area is 163 Å². The number of unbranched alkanes of at least 4 members (excludes halogenated alkanes) is 2. The first-order valence-electron chi connectivity index (χ1n) is 8.03. The lowest BCUT2D eigenvalue weighted by Crippen LogP contribution is -2.01. The van der Waals surface area contributed by atoms with Crippen molar-refractivity contribution < 1.29 is 0 Å². The Bertz CT molecular complexity index is 843. The van der Waals surface area contributed by atoms with Gasteiger partial charge in [-0.15, -0.1) is 17.0 Å². The van der Waals surface area contributed by atoms with Crippen LogP contribution in [0.1, 0.15) is 31.7 Å². The summed E-state index contributed by atoms with van der Waals surface area (Å²) in [7, 11) is 0. The summed E-state index contributed by atoms with van der Waals surface area (Å²) in [6.45, 7) is 5.13. The summed E-state index contributed by atoms with van der Waals surface area (Å²) in [5.74, 6) is 0.857. The second-order valence-electron chi connectivity index (χ2n) is 5.91. The molecule has 24 heavy (non-hydrogen) atoms. The zero-order valence-electron chi connectivity index (χ0n) is 13.9. The summed E-state index contributed by atoms with van der Waals surface area (Å²) in [5, 5.41) is 3.29. The van der Waals surface area contributed by atoms with Gasteiger partial charge in [0.25, 0.3) is 0 Å². The van der Waals surface area contributed by atoms with Crippen LogP contribution in [0.5, 0.6) is 0 Å². The third-order valence-electron chi connectivity index (χ3n) is 4.10. The molecule has 1 heterocycles. The molecular formula is C19H21BrCl2N2. The lowest BCUT2D eigenvalue weighted by atomic mass is 10.0. The van der Waals surface area contributed by atoms with Crippen molar-refractivity contribution in [3.05, 3.63) is 52.3 Å². The number of hydrogen-bond acceptors (Lipinski definition) is 1. The fourth-order valence-electron chi connectivity index (χ4n) is 2.98. The molecule has 2 nitrogen and oxygen atoms in total. The van der Waals surface area contributed by atoms with Gasteiger partial charge in [-0.25, -0.2) is 4.98 Å². The number of aromatic nitrogens is 2. The molecule has 0 aliphatic carbocycles. The number of nitrogens with zero attached hydrogens (tertiary/aromatic N) is 2. The molecule has 0 atom stereocenters. The second-order valence-corrected chi connectivity index (χ2v) is 6.63. The highest BCUT2D eigenvalue weighted by atomic mass is 79.9. The van der Waals surface area contributed by atoms with Crippen molar-refractivity contribution in [2.75, 3.05) is 0 Å². The van der Waals surface area contributed by atoms with Gasteiger partial charge < -0.3 is 4.57 Å². The van der Waals surface area contributed by atoms with E-state index in [1.807, 2.05) is 4.57 Å². The minimum Gasteiger partial charge on any atom is -0.314 e. The molecule has 0 aliphatic heterocycles. The van der Waals surface area contributed by atoms with Gasteiger partial charge in [-0.05, 0) is 35.7 Å². The van der Waals surface area contributed by atoms with Gasteiger partial charge in [0.1, 0.15) is 11.0 Å². The summed E-state index contributed by atoms with van der Waals surface area (Å²) in [5.41, 5.74) is 2.29. The van der Waals surface area contributed by atoms with Gasteiger partial charge in [-0.3, -0.25) is 0 Å². The molecule has 0 saturated heterocycles. The van der Waals surface area contributed by atoms with E-state index in [1.165, 1.54) is 29.2 Å². The SMILES string of the molecule is Br.CCCCCn1c(-c2cc(C)cc3ccccc23)nc(Cl)c1Cl. The van der Waals surface area contributed by atoms with Crippen molar-refractivity contribution in [1.29, 1.82) is 0 Å². The van der Waals surface area contributed by atoms with Crippen LogP contribution >= 0.6 is 40.2 Å². The molecule has 0 N–H and O–H groups in total. The highest BCUT2D eigenvalue weighted by Gasteiger charge is 2.17. The summed E-state index contributed by atoms with van der Waals surface area (Å²) < 4.78 is 2.04. The first-order valence-corrected chi connectivity index (χ1v) is 8.78. The van der Waals surface area contributed by atoms with E-state index in [0.29, 0.717) is 10.3 Å². The molecule has 5 heteroatoms. The molecule has 2 aromatic carbocycles. The Morgan fingerprint density at radius 2 is 1.83 bits per heavy atom. The third kappa shape index (κ3) is 3.79. The molecule has 0 fully saturated rings. The van der Waals surface area contributed by atoms with Crippen LogP contribution in [0.3, 0.4) is 0 Å². The zero-order valence-corrected chi connectivity index (χ0v) is 17.1.